The van der Waals surface area contributed by atoms with Gasteiger partial charge in [-0.2, -0.15) is 0 Å². The Hall–Kier alpha value is -0.0900. The molecule has 0 aliphatic heterocycles. The highest BCUT2D eigenvalue weighted by Gasteiger charge is 2.34. The zero-order valence-corrected chi connectivity index (χ0v) is 12.4. The fraction of sp³-hybridized carbons (Fsp3) is 1.00. The standard InChI is InChI=1S/C13H27NO2S/c1-13(2,3)11-5-6-12(14)10(9-11)7-8-17(4,15)16/h10-12H,5-9,14H2,1-4H3. The molecule has 0 spiro atoms. The van der Waals surface area contributed by atoms with Gasteiger partial charge in [0.1, 0.15) is 9.84 Å². The normalized spacial score (nSPS) is 31.5. The predicted octanol–water partition coefficient (Wildman–Crippen LogP) is 2.21. The first-order valence-corrected chi connectivity index (χ1v) is 8.59. The van der Waals surface area contributed by atoms with Crippen LogP contribution in [0, 0.1) is 17.3 Å². The Morgan fingerprint density at radius 2 is 1.82 bits per heavy atom. The molecule has 4 heteroatoms. The third-order valence-electron chi connectivity index (χ3n) is 4.13. The van der Waals surface area contributed by atoms with Crippen LogP contribution >= 0.6 is 0 Å². The predicted molar refractivity (Wildman–Crippen MR) is 72.6 cm³/mol. The van der Waals surface area contributed by atoms with Crippen LogP contribution in [0.2, 0.25) is 0 Å². The van der Waals surface area contributed by atoms with Crippen molar-refractivity contribution in [1.29, 1.82) is 0 Å². The fourth-order valence-electron chi connectivity index (χ4n) is 2.77. The molecule has 1 saturated carbocycles. The number of hydrogen-bond acceptors (Lipinski definition) is 3. The van der Waals surface area contributed by atoms with Crippen LogP contribution in [0.15, 0.2) is 0 Å². The average Bonchev–Trinajstić information content (AvgIpc) is 2.13. The Morgan fingerprint density at radius 3 is 2.29 bits per heavy atom. The van der Waals surface area contributed by atoms with Crippen LogP contribution in [0.1, 0.15) is 46.5 Å². The van der Waals surface area contributed by atoms with E-state index in [1.165, 1.54) is 12.7 Å². The molecule has 1 aliphatic rings. The Balaban J connectivity index is 2.58. The summed E-state index contributed by atoms with van der Waals surface area (Å²) in [5.41, 5.74) is 6.43. The zero-order valence-electron chi connectivity index (χ0n) is 11.6. The summed E-state index contributed by atoms with van der Waals surface area (Å²) < 4.78 is 22.4. The van der Waals surface area contributed by atoms with Crippen molar-refractivity contribution in [2.75, 3.05) is 12.0 Å². The zero-order chi connectivity index (χ0) is 13.3. The summed E-state index contributed by atoms with van der Waals surface area (Å²) >= 11 is 0. The van der Waals surface area contributed by atoms with E-state index in [9.17, 15) is 8.42 Å². The average molecular weight is 261 g/mol. The maximum absolute atomic E-state index is 11.2. The van der Waals surface area contributed by atoms with E-state index in [0.29, 0.717) is 17.3 Å². The summed E-state index contributed by atoms with van der Waals surface area (Å²) in [6.45, 7) is 6.80. The molecule has 1 rings (SSSR count). The Morgan fingerprint density at radius 1 is 1.24 bits per heavy atom. The van der Waals surface area contributed by atoms with E-state index in [2.05, 4.69) is 20.8 Å². The highest BCUT2D eigenvalue weighted by atomic mass is 32.2. The Labute approximate surface area is 106 Å². The molecule has 3 nitrogen and oxygen atoms in total. The number of nitrogens with two attached hydrogens (primary N) is 1. The lowest BCUT2D eigenvalue weighted by atomic mass is 9.67. The molecule has 102 valence electrons. The van der Waals surface area contributed by atoms with Gasteiger partial charge < -0.3 is 5.73 Å². The minimum Gasteiger partial charge on any atom is -0.327 e. The van der Waals surface area contributed by atoms with Gasteiger partial charge in [-0.25, -0.2) is 8.42 Å². The van der Waals surface area contributed by atoms with Crippen molar-refractivity contribution in [3.05, 3.63) is 0 Å². The van der Waals surface area contributed by atoms with Crippen molar-refractivity contribution < 1.29 is 8.42 Å². The number of hydrogen-bond donors (Lipinski definition) is 1. The first-order chi connectivity index (χ1) is 7.59. The van der Waals surface area contributed by atoms with Crippen LogP contribution in [-0.4, -0.2) is 26.5 Å². The quantitative estimate of drug-likeness (QED) is 0.847. The molecule has 0 heterocycles. The van der Waals surface area contributed by atoms with Crippen LogP contribution in [0.5, 0.6) is 0 Å². The summed E-state index contributed by atoms with van der Waals surface area (Å²) in [5, 5.41) is 0. The lowest BCUT2D eigenvalue weighted by molar-refractivity contribution is 0.125. The Bertz CT molecular complexity index is 343. The smallest absolute Gasteiger partial charge is 0.147 e. The molecule has 1 aliphatic carbocycles. The number of rotatable bonds is 3. The van der Waals surface area contributed by atoms with Gasteiger partial charge in [0.25, 0.3) is 0 Å². The second kappa shape index (κ2) is 5.27. The van der Waals surface area contributed by atoms with Gasteiger partial charge in [0.2, 0.25) is 0 Å². The Kier molecular flexibility index (Phi) is 4.64. The molecule has 0 aromatic carbocycles. The summed E-state index contributed by atoms with van der Waals surface area (Å²) in [6, 6.07) is 0.190. The third kappa shape index (κ3) is 4.96. The van der Waals surface area contributed by atoms with Crippen molar-refractivity contribution >= 4 is 9.84 Å². The van der Waals surface area contributed by atoms with E-state index < -0.39 is 9.84 Å². The molecule has 0 bridgehead atoms. The van der Waals surface area contributed by atoms with Crippen molar-refractivity contribution in [1.82, 2.24) is 0 Å². The van der Waals surface area contributed by atoms with E-state index in [1.54, 1.807) is 0 Å². The van der Waals surface area contributed by atoms with E-state index in [-0.39, 0.29) is 11.8 Å². The highest BCUT2D eigenvalue weighted by Crippen LogP contribution is 2.40. The van der Waals surface area contributed by atoms with E-state index in [0.717, 1.165) is 19.3 Å². The maximum atomic E-state index is 11.2. The van der Waals surface area contributed by atoms with Crippen LogP contribution in [-0.2, 0) is 9.84 Å². The summed E-state index contributed by atoms with van der Waals surface area (Å²) in [7, 11) is -2.86. The lowest BCUT2D eigenvalue weighted by Crippen LogP contribution is -2.40. The van der Waals surface area contributed by atoms with Gasteiger partial charge in [0.05, 0.1) is 5.75 Å². The largest absolute Gasteiger partial charge is 0.327 e. The molecule has 2 N–H and O–H groups in total. The molecule has 0 saturated heterocycles. The summed E-state index contributed by atoms with van der Waals surface area (Å²) in [4.78, 5) is 0. The van der Waals surface area contributed by atoms with Crippen LogP contribution in [0.4, 0.5) is 0 Å². The second-order valence-corrected chi connectivity index (χ2v) is 8.98. The van der Waals surface area contributed by atoms with E-state index in [1.807, 2.05) is 0 Å². The first kappa shape index (κ1) is 15.0. The monoisotopic (exact) mass is 261 g/mol. The van der Waals surface area contributed by atoms with Crippen molar-refractivity contribution in [3.8, 4) is 0 Å². The SMILES string of the molecule is CC(C)(C)C1CCC(N)C(CCS(C)(=O)=O)C1. The van der Waals surface area contributed by atoms with Crippen molar-refractivity contribution in [2.24, 2.45) is 23.0 Å². The molecule has 1 fully saturated rings. The lowest BCUT2D eigenvalue weighted by Gasteiger charge is -2.40. The van der Waals surface area contributed by atoms with Crippen LogP contribution in [0.25, 0.3) is 0 Å². The summed E-state index contributed by atoms with van der Waals surface area (Å²) in [5.74, 6) is 1.33. The van der Waals surface area contributed by atoms with E-state index in [4.69, 9.17) is 5.73 Å². The van der Waals surface area contributed by atoms with Gasteiger partial charge in [-0.3, -0.25) is 0 Å². The van der Waals surface area contributed by atoms with Gasteiger partial charge >= 0.3 is 0 Å². The number of sulfone groups is 1. The molecule has 3 unspecified atom stereocenters. The summed E-state index contributed by atoms with van der Waals surface area (Å²) in [6.07, 6.45) is 5.34. The second-order valence-electron chi connectivity index (χ2n) is 6.72. The minimum atomic E-state index is -2.86. The third-order valence-corrected chi connectivity index (χ3v) is 5.10. The molecular weight excluding hydrogens is 234 g/mol. The minimum absolute atomic E-state index is 0.190. The first-order valence-electron chi connectivity index (χ1n) is 6.53. The highest BCUT2D eigenvalue weighted by molar-refractivity contribution is 7.90. The fourth-order valence-corrected chi connectivity index (χ4v) is 3.50. The molecule has 3 atom stereocenters. The molecule has 0 aromatic heterocycles. The van der Waals surface area contributed by atoms with Gasteiger partial charge in [0, 0.05) is 12.3 Å². The molecule has 0 aromatic rings. The molecule has 0 radical (unpaired) electrons. The molecular formula is C13H27NO2S. The van der Waals surface area contributed by atoms with Gasteiger partial charge in [-0.05, 0) is 42.9 Å². The molecule has 0 amide bonds. The van der Waals surface area contributed by atoms with Crippen LogP contribution < -0.4 is 5.73 Å². The van der Waals surface area contributed by atoms with Crippen LogP contribution in [0.3, 0.4) is 0 Å². The van der Waals surface area contributed by atoms with Crippen molar-refractivity contribution in [3.63, 3.8) is 0 Å². The van der Waals surface area contributed by atoms with Gasteiger partial charge in [0.15, 0.2) is 0 Å². The maximum Gasteiger partial charge on any atom is 0.147 e. The topological polar surface area (TPSA) is 60.2 Å². The van der Waals surface area contributed by atoms with E-state index >= 15 is 0 Å². The molecule has 17 heavy (non-hydrogen) atoms. The van der Waals surface area contributed by atoms with Gasteiger partial charge in [-0.15, -0.1) is 0 Å². The van der Waals surface area contributed by atoms with Gasteiger partial charge in [-0.1, -0.05) is 20.8 Å². The van der Waals surface area contributed by atoms with Crippen molar-refractivity contribution in [2.45, 2.75) is 52.5 Å².